The maximum atomic E-state index is 10.1. The van der Waals surface area contributed by atoms with Crippen molar-refractivity contribution in [2.24, 2.45) is 0 Å². The van der Waals surface area contributed by atoms with Gasteiger partial charge in [0, 0.05) is 0 Å². The van der Waals surface area contributed by atoms with Gasteiger partial charge in [-0.25, -0.2) is 0 Å². The fraction of sp³-hybridized carbons (Fsp3) is 0.455. The standard InChI is InChI=1S/C11H15O3P/c1-10(14-9-15-12)7-13-8-11-5-3-2-4-6-11/h2-6,10H,7-9H2,1H3. The van der Waals surface area contributed by atoms with E-state index in [1.807, 2.05) is 37.3 Å². The molecule has 0 bridgehead atoms. The Morgan fingerprint density at radius 3 is 2.73 bits per heavy atom. The zero-order chi connectivity index (χ0) is 10.9. The molecule has 0 heterocycles. The fourth-order valence-corrected chi connectivity index (χ4v) is 1.44. The van der Waals surface area contributed by atoms with Crippen LogP contribution < -0.4 is 0 Å². The quantitative estimate of drug-likeness (QED) is 0.670. The number of benzene rings is 1. The molecule has 0 aliphatic rings. The molecule has 0 radical (unpaired) electrons. The predicted octanol–water partition coefficient (Wildman–Crippen LogP) is 2.86. The first-order chi connectivity index (χ1) is 7.33. The summed E-state index contributed by atoms with van der Waals surface area (Å²) in [6.07, 6.45) is 0.214. The SMILES string of the molecule is CC(COCc1ccccc1)OCP=O. The lowest BCUT2D eigenvalue weighted by Crippen LogP contribution is -2.15. The van der Waals surface area contributed by atoms with Crippen LogP contribution in [0.3, 0.4) is 0 Å². The fourth-order valence-electron chi connectivity index (χ4n) is 1.12. The van der Waals surface area contributed by atoms with Gasteiger partial charge in [-0.15, -0.1) is 0 Å². The third-order valence-corrected chi connectivity index (χ3v) is 2.13. The molecule has 15 heavy (non-hydrogen) atoms. The molecule has 4 heteroatoms. The van der Waals surface area contributed by atoms with Crippen LogP contribution in [0.15, 0.2) is 30.3 Å². The summed E-state index contributed by atoms with van der Waals surface area (Å²) < 4.78 is 20.8. The molecule has 0 aromatic heterocycles. The highest BCUT2D eigenvalue weighted by Gasteiger charge is 2.01. The second kappa shape index (κ2) is 7.52. The molecule has 1 aromatic carbocycles. The minimum absolute atomic E-state index is 0.0164. The van der Waals surface area contributed by atoms with Gasteiger partial charge in [-0.05, 0) is 12.5 Å². The van der Waals surface area contributed by atoms with Gasteiger partial charge in [0.2, 0.25) is 0 Å². The van der Waals surface area contributed by atoms with Crippen molar-refractivity contribution in [2.45, 2.75) is 19.6 Å². The molecule has 82 valence electrons. The Morgan fingerprint density at radius 1 is 1.33 bits per heavy atom. The molecule has 0 fully saturated rings. The van der Waals surface area contributed by atoms with E-state index in [1.165, 1.54) is 0 Å². The molecule has 0 saturated carbocycles. The lowest BCUT2D eigenvalue weighted by molar-refractivity contribution is 0.00508. The Bertz CT molecular complexity index is 276. The van der Waals surface area contributed by atoms with Gasteiger partial charge in [0.1, 0.15) is 6.35 Å². The molecule has 0 aliphatic heterocycles. The molecule has 0 N–H and O–H groups in total. The van der Waals surface area contributed by atoms with Gasteiger partial charge < -0.3 is 9.47 Å². The summed E-state index contributed by atoms with van der Waals surface area (Å²) in [5.41, 5.74) is 1.15. The average molecular weight is 226 g/mol. The summed E-state index contributed by atoms with van der Waals surface area (Å²) >= 11 is 0. The summed E-state index contributed by atoms with van der Waals surface area (Å²) in [6.45, 7) is 3.00. The molecular formula is C11H15O3P. The Labute approximate surface area is 91.6 Å². The highest BCUT2D eigenvalue weighted by Crippen LogP contribution is 2.03. The van der Waals surface area contributed by atoms with E-state index in [-0.39, 0.29) is 20.9 Å². The van der Waals surface area contributed by atoms with E-state index in [1.54, 1.807) is 0 Å². The van der Waals surface area contributed by atoms with Crippen LogP contribution in [-0.2, 0) is 20.6 Å². The first kappa shape index (κ1) is 12.3. The number of ether oxygens (including phenoxy) is 2. The van der Waals surface area contributed by atoms with Crippen LogP contribution in [-0.4, -0.2) is 19.1 Å². The normalized spacial score (nSPS) is 12.9. The summed E-state index contributed by atoms with van der Waals surface area (Å²) in [5, 5.41) is 0. The monoisotopic (exact) mass is 226 g/mol. The number of hydrogen-bond acceptors (Lipinski definition) is 3. The van der Waals surface area contributed by atoms with Crippen molar-refractivity contribution in [3.63, 3.8) is 0 Å². The van der Waals surface area contributed by atoms with Crippen LogP contribution >= 0.6 is 8.46 Å². The van der Waals surface area contributed by atoms with Crippen LogP contribution in [0.4, 0.5) is 0 Å². The zero-order valence-electron chi connectivity index (χ0n) is 8.76. The molecule has 0 spiro atoms. The second-order valence-corrected chi connectivity index (χ2v) is 3.75. The Balaban J connectivity index is 2.13. The van der Waals surface area contributed by atoms with Crippen LogP contribution in [0.2, 0.25) is 0 Å². The lowest BCUT2D eigenvalue weighted by Gasteiger charge is -2.11. The summed E-state index contributed by atoms with van der Waals surface area (Å²) in [5.74, 6) is 0. The molecule has 0 aliphatic carbocycles. The largest absolute Gasteiger partial charge is 0.374 e. The van der Waals surface area contributed by atoms with E-state index in [0.29, 0.717) is 13.2 Å². The molecule has 1 atom stereocenters. The van der Waals surface area contributed by atoms with Crippen LogP contribution in [0.5, 0.6) is 0 Å². The molecule has 0 amide bonds. The van der Waals surface area contributed by atoms with Gasteiger partial charge in [0.05, 0.1) is 19.3 Å². The molecule has 1 aromatic rings. The van der Waals surface area contributed by atoms with E-state index in [0.717, 1.165) is 5.56 Å². The minimum Gasteiger partial charge on any atom is -0.374 e. The van der Waals surface area contributed by atoms with E-state index in [4.69, 9.17) is 9.47 Å². The molecular weight excluding hydrogens is 211 g/mol. The number of hydrogen-bond donors (Lipinski definition) is 0. The first-order valence-corrected chi connectivity index (χ1v) is 5.85. The predicted molar refractivity (Wildman–Crippen MR) is 59.1 cm³/mol. The summed E-state index contributed by atoms with van der Waals surface area (Å²) in [4.78, 5) is 0. The highest BCUT2D eigenvalue weighted by molar-refractivity contribution is 7.23. The first-order valence-electron chi connectivity index (χ1n) is 4.85. The summed E-state index contributed by atoms with van der Waals surface area (Å²) in [7, 11) is 0.0164. The van der Waals surface area contributed by atoms with Crippen molar-refractivity contribution in [2.75, 3.05) is 13.0 Å². The molecule has 3 nitrogen and oxygen atoms in total. The van der Waals surface area contributed by atoms with Crippen molar-refractivity contribution in [3.05, 3.63) is 35.9 Å². The van der Waals surface area contributed by atoms with Crippen molar-refractivity contribution in [1.29, 1.82) is 0 Å². The third-order valence-electron chi connectivity index (χ3n) is 1.88. The second-order valence-electron chi connectivity index (χ2n) is 3.24. The summed E-state index contributed by atoms with van der Waals surface area (Å²) in [6, 6.07) is 9.97. The zero-order valence-corrected chi connectivity index (χ0v) is 9.65. The van der Waals surface area contributed by atoms with Gasteiger partial charge in [-0.1, -0.05) is 30.3 Å². The van der Waals surface area contributed by atoms with E-state index in [9.17, 15) is 4.57 Å². The van der Waals surface area contributed by atoms with Crippen LogP contribution in [0, 0.1) is 0 Å². The third kappa shape index (κ3) is 5.63. The topological polar surface area (TPSA) is 35.5 Å². The smallest absolute Gasteiger partial charge is 0.183 e. The lowest BCUT2D eigenvalue weighted by atomic mass is 10.2. The van der Waals surface area contributed by atoms with E-state index < -0.39 is 0 Å². The van der Waals surface area contributed by atoms with Gasteiger partial charge in [-0.3, -0.25) is 4.57 Å². The average Bonchev–Trinajstić information content (AvgIpc) is 2.28. The Kier molecular flexibility index (Phi) is 6.17. The van der Waals surface area contributed by atoms with Gasteiger partial charge in [0.25, 0.3) is 0 Å². The Hall–Kier alpha value is -0.760. The van der Waals surface area contributed by atoms with Crippen molar-refractivity contribution < 1.29 is 14.0 Å². The van der Waals surface area contributed by atoms with Crippen molar-refractivity contribution in [3.8, 4) is 0 Å². The van der Waals surface area contributed by atoms with E-state index in [2.05, 4.69) is 0 Å². The van der Waals surface area contributed by atoms with Crippen LogP contribution in [0.25, 0.3) is 0 Å². The Morgan fingerprint density at radius 2 is 2.07 bits per heavy atom. The van der Waals surface area contributed by atoms with Crippen molar-refractivity contribution >= 4 is 8.46 Å². The number of rotatable bonds is 7. The van der Waals surface area contributed by atoms with Crippen LogP contribution in [0.1, 0.15) is 12.5 Å². The van der Waals surface area contributed by atoms with Gasteiger partial charge in [-0.2, -0.15) is 0 Å². The molecule has 1 rings (SSSR count). The minimum atomic E-state index is -0.0184. The molecule has 0 saturated heterocycles. The van der Waals surface area contributed by atoms with Crippen molar-refractivity contribution in [1.82, 2.24) is 0 Å². The van der Waals surface area contributed by atoms with Gasteiger partial charge in [0.15, 0.2) is 8.46 Å². The van der Waals surface area contributed by atoms with Gasteiger partial charge >= 0.3 is 0 Å². The highest BCUT2D eigenvalue weighted by atomic mass is 31.1. The van der Waals surface area contributed by atoms with E-state index >= 15 is 0 Å². The maximum absolute atomic E-state index is 10.1. The molecule has 1 unspecified atom stereocenters. The maximum Gasteiger partial charge on any atom is 0.183 e.